The van der Waals surface area contributed by atoms with Crippen LogP contribution in [0.5, 0.6) is 0 Å². The van der Waals surface area contributed by atoms with Gasteiger partial charge in [0, 0.05) is 34.8 Å². The summed E-state index contributed by atoms with van der Waals surface area (Å²) in [6.07, 6.45) is 3.23. The average molecular weight is 277 g/mol. The van der Waals surface area contributed by atoms with Gasteiger partial charge >= 0.3 is 0 Å². The zero-order valence-electron chi connectivity index (χ0n) is 11.9. The first-order valence-corrected chi connectivity index (χ1v) is 8.00. The highest BCUT2D eigenvalue weighted by Crippen LogP contribution is 2.27. The van der Waals surface area contributed by atoms with E-state index in [1.54, 1.807) is 11.3 Å². The second kappa shape index (κ2) is 7.09. The fourth-order valence-corrected chi connectivity index (χ4v) is 3.59. The molecule has 2 nitrogen and oxygen atoms in total. The third kappa shape index (κ3) is 4.07. The summed E-state index contributed by atoms with van der Waals surface area (Å²) in [5.41, 5.74) is 1.09. The third-order valence-electron chi connectivity index (χ3n) is 3.67. The first kappa shape index (κ1) is 14.6. The number of thiophene rings is 1. The van der Waals surface area contributed by atoms with Crippen LogP contribution in [-0.4, -0.2) is 29.2 Å². The van der Waals surface area contributed by atoms with E-state index < -0.39 is 0 Å². The lowest BCUT2D eigenvalue weighted by Gasteiger charge is -2.26. The van der Waals surface area contributed by atoms with E-state index in [1.807, 2.05) is 0 Å². The lowest BCUT2D eigenvalue weighted by atomic mass is 10.0. The van der Waals surface area contributed by atoms with Crippen molar-refractivity contribution in [3.63, 3.8) is 0 Å². The second-order valence-corrected chi connectivity index (χ2v) is 6.50. The van der Waals surface area contributed by atoms with Crippen LogP contribution in [-0.2, 0) is 6.54 Å². The fraction of sp³-hybridized carbons (Fsp3) is 0.625. The monoisotopic (exact) mass is 277 g/mol. The maximum absolute atomic E-state index is 8.71. The molecule has 1 aromatic rings. The fourth-order valence-electron chi connectivity index (χ4n) is 2.75. The SMILES string of the molecule is CC(C)C1CCCN1Cc1cc(C#CCCO)cs1. The van der Waals surface area contributed by atoms with Gasteiger partial charge in [-0.2, -0.15) is 0 Å². The Labute approximate surface area is 120 Å². The molecule has 0 aliphatic carbocycles. The van der Waals surface area contributed by atoms with Gasteiger partial charge in [-0.3, -0.25) is 4.90 Å². The molecule has 1 saturated heterocycles. The Morgan fingerprint density at radius 3 is 3.11 bits per heavy atom. The summed E-state index contributed by atoms with van der Waals surface area (Å²) in [5, 5.41) is 10.8. The van der Waals surface area contributed by atoms with Gasteiger partial charge in [0.1, 0.15) is 0 Å². The maximum Gasteiger partial charge on any atom is 0.0540 e. The number of hydrogen-bond acceptors (Lipinski definition) is 3. The largest absolute Gasteiger partial charge is 0.395 e. The van der Waals surface area contributed by atoms with E-state index in [4.69, 9.17) is 5.11 Å². The summed E-state index contributed by atoms with van der Waals surface area (Å²) >= 11 is 1.80. The Bertz CT molecular complexity index is 455. The van der Waals surface area contributed by atoms with Gasteiger partial charge in [-0.25, -0.2) is 0 Å². The van der Waals surface area contributed by atoms with E-state index in [1.165, 1.54) is 24.3 Å². The Balaban J connectivity index is 1.95. The van der Waals surface area contributed by atoms with Gasteiger partial charge in [0.25, 0.3) is 0 Å². The molecule has 1 aliphatic heterocycles. The minimum absolute atomic E-state index is 0.147. The minimum Gasteiger partial charge on any atom is -0.395 e. The Hall–Kier alpha value is -0.820. The van der Waals surface area contributed by atoms with Crippen LogP contribution in [0.25, 0.3) is 0 Å². The van der Waals surface area contributed by atoms with E-state index in [9.17, 15) is 0 Å². The number of likely N-dealkylation sites (tertiary alicyclic amines) is 1. The Morgan fingerprint density at radius 1 is 1.53 bits per heavy atom. The van der Waals surface area contributed by atoms with Crippen molar-refractivity contribution >= 4 is 11.3 Å². The summed E-state index contributed by atoms with van der Waals surface area (Å²) in [5.74, 6) is 6.83. The molecule has 104 valence electrons. The number of rotatable bonds is 4. The quantitative estimate of drug-likeness (QED) is 0.855. The first-order valence-electron chi connectivity index (χ1n) is 7.12. The van der Waals surface area contributed by atoms with E-state index in [0.29, 0.717) is 6.42 Å². The van der Waals surface area contributed by atoms with E-state index in [0.717, 1.165) is 24.1 Å². The summed E-state index contributed by atoms with van der Waals surface area (Å²) < 4.78 is 0. The number of hydrogen-bond donors (Lipinski definition) is 1. The van der Waals surface area contributed by atoms with Crippen molar-refractivity contribution in [1.82, 2.24) is 4.90 Å². The molecule has 1 N–H and O–H groups in total. The highest BCUT2D eigenvalue weighted by atomic mass is 32.1. The van der Waals surface area contributed by atoms with Crippen molar-refractivity contribution in [3.8, 4) is 11.8 Å². The minimum atomic E-state index is 0.147. The summed E-state index contributed by atoms with van der Waals surface area (Å²) in [6.45, 7) is 7.09. The molecule has 1 aliphatic rings. The smallest absolute Gasteiger partial charge is 0.0540 e. The van der Waals surface area contributed by atoms with Crippen LogP contribution in [0.4, 0.5) is 0 Å². The second-order valence-electron chi connectivity index (χ2n) is 5.50. The van der Waals surface area contributed by atoms with Crippen molar-refractivity contribution in [2.75, 3.05) is 13.2 Å². The van der Waals surface area contributed by atoms with Crippen LogP contribution in [0.3, 0.4) is 0 Å². The molecule has 0 aromatic carbocycles. The Kier molecular flexibility index (Phi) is 5.45. The molecule has 1 aromatic heterocycles. The normalized spacial score (nSPS) is 19.7. The van der Waals surface area contributed by atoms with Crippen LogP contribution < -0.4 is 0 Å². The van der Waals surface area contributed by atoms with Crippen molar-refractivity contribution in [2.45, 2.75) is 45.7 Å². The lowest BCUT2D eigenvalue weighted by molar-refractivity contribution is 0.200. The predicted molar refractivity (Wildman–Crippen MR) is 81.2 cm³/mol. The average Bonchev–Trinajstić information content (AvgIpc) is 2.99. The van der Waals surface area contributed by atoms with Crippen LogP contribution in [0, 0.1) is 17.8 Å². The zero-order chi connectivity index (χ0) is 13.7. The summed E-state index contributed by atoms with van der Waals surface area (Å²) in [6, 6.07) is 2.94. The third-order valence-corrected chi connectivity index (χ3v) is 4.59. The zero-order valence-corrected chi connectivity index (χ0v) is 12.7. The van der Waals surface area contributed by atoms with Gasteiger partial charge in [-0.1, -0.05) is 25.7 Å². The maximum atomic E-state index is 8.71. The van der Waals surface area contributed by atoms with Crippen LogP contribution in [0.15, 0.2) is 11.4 Å². The van der Waals surface area contributed by atoms with Gasteiger partial charge in [0.15, 0.2) is 0 Å². The highest BCUT2D eigenvalue weighted by Gasteiger charge is 2.26. The Morgan fingerprint density at radius 2 is 2.37 bits per heavy atom. The number of aliphatic hydroxyl groups excluding tert-OH is 1. The standard InChI is InChI=1S/C16H23NOS/c1-13(2)16-7-5-8-17(16)11-15-10-14(12-19-15)6-3-4-9-18/h10,12-13,16,18H,4-5,7-9,11H2,1-2H3. The molecule has 0 amide bonds. The van der Waals surface area contributed by atoms with Crippen molar-refractivity contribution < 1.29 is 5.11 Å². The van der Waals surface area contributed by atoms with Gasteiger partial charge in [0.2, 0.25) is 0 Å². The molecule has 0 spiro atoms. The van der Waals surface area contributed by atoms with Crippen LogP contribution >= 0.6 is 11.3 Å². The molecule has 3 heteroatoms. The van der Waals surface area contributed by atoms with Crippen LogP contribution in [0.2, 0.25) is 0 Å². The molecule has 1 atom stereocenters. The topological polar surface area (TPSA) is 23.5 Å². The molecule has 19 heavy (non-hydrogen) atoms. The van der Waals surface area contributed by atoms with E-state index >= 15 is 0 Å². The molecule has 0 bridgehead atoms. The van der Waals surface area contributed by atoms with E-state index in [2.05, 4.69) is 42.0 Å². The van der Waals surface area contributed by atoms with Gasteiger partial charge < -0.3 is 5.11 Å². The molecule has 0 radical (unpaired) electrons. The van der Waals surface area contributed by atoms with E-state index in [-0.39, 0.29) is 6.61 Å². The van der Waals surface area contributed by atoms with Gasteiger partial charge in [-0.05, 0) is 31.4 Å². The molecule has 1 fully saturated rings. The lowest BCUT2D eigenvalue weighted by Crippen LogP contribution is -2.32. The summed E-state index contributed by atoms with van der Waals surface area (Å²) in [4.78, 5) is 4.02. The number of aliphatic hydroxyl groups is 1. The molecule has 1 unspecified atom stereocenters. The predicted octanol–water partition coefficient (Wildman–Crippen LogP) is 3.10. The molecule has 2 rings (SSSR count). The van der Waals surface area contributed by atoms with Crippen molar-refractivity contribution in [2.24, 2.45) is 5.92 Å². The summed E-state index contributed by atoms with van der Waals surface area (Å²) in [7, 11) is 0. The molecule has 2 heterocycles. The van der Waals surface area contributed by atoms with Gasteiger partial charge in [-0.15, -0.1) is 11.3 Å². The van der Waals surface area contributed by atoms with Crippen LogP contribution in [0.1, 0.15) is 43.6 Å². The highest BCUT2D eigenvalue weighted by molar-refractivity contribution is 7.10. The number of nitrogens with zero attached hydrogens (tertiary/aromatic N) is 1. The van der Waals surface area contributed by atoms with Gasteiger partial charge in [0.05, 0.1) is 6.61 Å². The van der Waals surface area contributed by atoms with Crippen molar-refractivity contribution in [3.05, 3.63) is 21.9 Å². The first-order chi connectivity index (χ1) is 9.20. The van der Waals surface area contributed by atoms with Crippen molar-refractivity contribution in [1.29, 1.82) is 0 Å². The molecular weight excluding hydrogens is 254 g/mol. The molecular formula is C16H23NOS. The molecule has 0 saturated carbocycles.